The third-order valence-electron chi connectivity index (χ3n) is 5.08. The predicted octanol–water partition coefficient (Wildman–Crippen LogP) is 3.29. The fourth-order valence-corrected chi connectivity index (χ4v) is 4.28. The molecule has 2 aromatic rings. The van der Waals surface area contributed by atoms with Crippen LogP contribution < -0.4 is 10.6 Å². The molecule has 0 saturated carbocycles. The number of pyridine rings is 1. The van der Waals surface area contributed by atoms with E-state index in [2.05, 4.69) is 15.6 Å². The number of carbonyl (C=O) groups is 2. The van der Waals surface area contributed by atoms with E-state index in [-0.39, 0.29) is 17.2 Å². The fourth-order valence-electron chi connectivity index (χ4n) is 3.19. The summed E-state index contributed by atoms with van der Waals surface area (Å²) < 4.78 is 10.8. The zero-order valence-electron chi connectivity index (χ0n) is 17.4. The highest BCUT2D eigenvalue weighted by atomic mass is 32.2. The van der Waals surface area contributed by atoms with Crippen LogP contribution in [0.4, 0.5) is 0 Å². The van der Waals surface area contributed by atoms with Crippen LogP contribution in [0.15, 0.2) is 40.0 Å². The molecule has 30 heavy (non-hydrogen) atoms. The lowest BCUT2D eigenvalue weighted by molar-refractivity contribution is -0.121. The summed E-state index contributed by atoms with van der Waals surface area (Å²) in [7, 11) is 1.87. The molecule has 160 valence electrons. The smallest absolute Gasteiger partial charge is 0.174 e. The molecule has 4 rings (SSSR count). The molecule has 8 heteroatoms. The number of aromatic nitrogens is 1. The van der Waals surface area contributed by atoms with Crippen LogP contribution in [0.25, 0.3) is 5.70 Å². The van der Waals surface area contributed by atoms with Crippen molar-refractivity contribution in [2.75, 3.05) is 20.3 Å². The Balaban J connectivity index is 0.000000216. The maximum atomic E-state index is 12.7. The average Bonchev–Trinajstić information content (AvgIpc) is 3.46. The van der Waals surface area contributed by atoms with Gasteiger partial charge in [-0.05, 0) is 57.5 Å². The van der Waals surface area contributed by atoms with Crippen LogP contribution in [0.3, 0.4) is 0 Å². The van der Waals surface area contributed by atoms with Crippen molar-refractivity contribution in [1.82, 2.24) is 15.6 Å². The van der Waals surface area contributed by atoms with Gasteiger partial charge in [0, 0.05) is 36.6 Å². The highest BCUT2D eigenvalue weighted by Gasteiger charge is 2.34. The number of nitrogens with zero attached hydrogens (tertiary/aromatic N) is 1. The molecular weight excluding hydrogens is 402 g/mol. The van der Waals surface area contributed by atoms with Crippen LogP contribution in [-0.4, -0.2) is 42.8 Å². The first-order valence-electron chi connectivity index (χ1n) is 9.92. The Labute approximate surface area is 180 Å². The number of nitrogens with one attached hydrogen (secondary N) is 2. The van der Waals surface area contributed by atoms with Crippen molar-refractivity contribution in [2.45, 2.75) is 32.2 Å². The molecule has 1 saturated heterocycles. The molecule has 2 aliphatic heterocycles. The van der Waals surface area contributed by atoms with Crippen LogP contribution in [0.1, 0.15) is 40.2 Å². The van der Waals surface area contributed by atoms with Crippen molar-refractivity contribution in [3.05, 3.63) is 58.1 Å². The van der Waals surface area contributed by atoms with E-state index in [1.807, 2.05) is 39.1 Å². The van der Waals surface area contributed by atoms with Crippen molar-refractivity contribution in [3.8, 4) is 0 Å². The maximum absolute atomic E-state index is 12.7. The van der Waals surface area contributed by atoms with Gasteiger partial charge in [0.15, 0.2) is 17.8 Å². The van der Waals surface area contributed by atoms with Crippen LogP contribution in [0.2, 0.25) is 0 Å². The predicted molar refractivity (Wildman–Crippen MR) is 117 cm³/mol. The van der Waals surface area contributed by atoms with E-state index in [9.17, 15) is 9.59 Å². The van der Waals surface area contributed by atoms with Crippen LogP contribution >= 0.6 is 11.8 Å². The molecule has 2 N–H and O–H groups in total. The van der Waals surface area contributed by atoms with Gasteiger partial charge in [-0.2, -0.15) is 0 Å². The minimum atomic E-state index is 0.00823. The van der Waals surface area contributed by atoms with Gasteiger partial charge in [-0.1, -0.05) is 11.8 Å². The maximum Gasteiger partial charge on any atom is 0.174 e. The van der Waals surface area contributed by atoms with Gasteiger partial charge >= 0.3 is 0 Å². The van der Waals surface area contributed by atoms with Gasteiger partial charge in [-0.25, -0.2) is 0 Å². The molecule has 2 aliphatic rings. The Morgan fingerprint density at radius 1 is 1.33 bits per heavy atom. The second kappa shape index (κ2) is 10.6. The number of furan rings is 1. The van der Waals surface area contributed by atoms with E-state index in [1.165, 1.54) is 11.8 Å². The highest BCUT2D eigenvalue weighted by molar-refractivity contribution is 8.05. The van der Waals surface area contributed by atoms with E-state index in [0.29, 0.717) is 24.5 Å². The van der Waals surface area contributed by atoms with Crippen molar-refractivity contribution < 1.29 is 18.7 Å². The SMILES string of the molecule is CNC1NC(c2ccco2)=C(C(=O)C2CCOCC2)S1.Cc1cc(C=O)cnc1C. The topological polar surface area (TPSA) is 93.5 Å². The summed E-state index contributed by atoms with van der Waals surface area (Å²) in [6, 6.07) is 5.53. The van der Waals surface area contributed by atoms with Crippen LogP contribution in [0.5, 0.6) is 0 Å². The summed E-state index contributed by atoms with van der Waals surface area (Å²) in [5, 5.41) is 6.43. The molecule has 4 heterocycles. The molecule has 1 atom stereocenters. The quantitative estimate of drug-likeness (QED) is 0.700. The standard InChI is InChI=1S/C14H18N2O3S.C8H9NO/c1-15-14-16-11(10-3-2-6-19-10)13(20-14)12(17)9-4-7-18-8-5-9;1-6-3-8(5-10)4-9-7(6)2/h2-3,6,9,14-16H,4-5,7-8H2,1H3;3-5H,1-2H3. The highest BCUT2D eigenvalue weighted by Crippen LogP contribution is 2.37. The first-order valence-corrected chi connectivity index (χ1v) is 10.8. The van der Waals surface area contributed by atoms with E-state index >= 15 is 0 Å². The van der Waals surface area contributed by atoms with Gasteiger partial charge < -0.3 is 14.5 Å². The largest absolute Gasteiger partial charge is 0.463 e. The number of hydrogen-bond acceptors (Lipinski definition) is 8. The number of allylic oxidation sites excluding steroid dienone is 1. The summed E-state index contributed by atoms with van der Waals surface area (Å²) in [6.45, 7) is 5.21. The summed E-state index contributed by atoms with van der Waals surface area (Å²) in [6.07, 6.45) is 5.61. The lowest BCUT2D eigenvalue weighted by Crippen LogP contribution is -2.32. The number of aldehydes is 1. The van der Waals surface area contributed by atoms with Gasteiger partial charge in [0.1, 0.15) is 5.50 Å². The molecule has 0 amide bonds. The van der Waals surface area contributed by atoms with Gasteiger partial charge in [0.2, 0.25) is 0 Å². The number of carbonyl (C=O) groups excluding carboxylic acids is 2. The molecule has 0 bridgehead atoms. The molecule has 0 radical (unpaired) electrons. The Hall–Kier alpha value is -2.42. The second-order valence-corrected chi connectivity index (χ2v) is 8.27. The van der Waals surface area contributed by atoms with Gasteiger partial charge in [0.05, 0.1) is 16.9 Å². The summed E-state index contributed by atoms with van der Waals surface area (Å²) in [5.41, 5.74) is 3.49. The summed E-state index contributed by atoms with van der Waals surface area (Å²) in [5.74, 6) is 0.981. The molecule has 0 spiro atoms. The Kier molecular flexibility index (Phi) is 7.84. The molecule has 2 aromatic heterocycles. The lowest BCUT2D eigenvalue weighted by atomic mass is 9.94. The van der Waals surface area contributed by atoms with E-state index in [4.69, 9.17) is 9.15 Å². The van der Waals surface area contributed by atoms with Gasteiger partial charge in [0.25, 0.3) is 0 Å². The number of hydrogen-bond donors (Lipinski definition) is 2. The molecule has 1 unspecified atom stereocenters. The Morgan fingerprint density at radius 3 is 2.70 bits per heavy atom. The first-order chi connectivity index (χ1) is 14.5. The summed E-state index contributed by atoms with van der Waals surface area (Å²) in [4.78, 5) is 27.7. The molecule has 1 fully saturated rings. The third-order valence-corrected chi connectivity index (χ3v) is 6.31. The third kappa shape index (κ3) is 5.38. The molecule has 7 nitrogen and oxygen atoms in total. The van der Waals surface area contributed by atoms with Gasteiger partial charge in [-0.3, -0.25) is 19.9 Å². The minimum Gasteiger partial charge on any atom is -0.463 e. The summed E-state index contributed by atoms with van der Waals surface area (Å²) >= 11 is 1.53. The average molecular weight is 430 g/mol. The zero-order chi connectivity index (χ0) is 21.5. The van der Waals surface area contributed by atoms with Crippen molar-refractivity contribution in [1.29, 1.82) is 0 Å². The van der Waals surface area contributed by atoms with Crippen molar-refractivity contribution >= 4 is 29.5 Å². The number of aryl methyl sites for hydroxylation is 2. The monoisotopic (exact) mass is 429 g/mol. The van der Waals surface area contributed by atoms with E-state index in [1.54, 1.807) is 12.5 Å². The Bertz CT molecular complexity index is 905. The number of thioether (sulfide) groups is 1. The normalized spacial score (nSPS) is 19.1. The fraction of sp³-hybridized carbons (Fsp3) is 0.409. The number of ether oxygens (including phenoxy) is 1. The number of Topliss-reactive ketones (excluding diaryl/α,β-unsaturated/α-hetero) is 1. The first kappa shape index (κ1) is 22.3. The lowest BCUT2D eigenvalue weighted by Gasteiger charge is -2.21. The van der Waals surface area contributed by atoms with Crippen LogP contribution in [0, 0.1) is 19.8 Å². The van der Waals surface area contributed by atoms with Gasteiger partial charge in [-0.15, -0.1) is 0 Å². The number of ketones is 1. The van der Waals surface area contributed by atoms with Crippen molar-refractivity contribution in [2.24, 2.45) is 5.92 Å². The molecule has 0 aliphatic carbocycles. The molecule has 0 aromatic carbocycles. The van der Waals surface area contributed by atoms with Crippen LogP contribution in [-0.2, 0) is 9.53 Å². The van der Waals surface area contributed by atoms with E-state index in [0.717, 1.165) is 41.0 Å². The molecular formula is C22H27N3O4S. The second-order valence-electron chi connectivity index (χ2n) is 7.15. The van der Waals surface area contributed by atoms with Crippen molar-refractivity contribution in [3.63, 3.8) is 0 Å². The minimum absolute atomic E-state index is 0.00823. The van der Waals surface area contributed by atoms with E-state index < -0.39 is 0 Å². The number of rotatable bonds is 5. The zero-order valence-corrected chi connectivity index (χ0v) is 18.3. The Morgan fingerprint density at radius 2 is 2.10 bits per heavy atom.